The van der Waals surface area contributed by atoms with Crippen LogP contribution in [0.3, 0.4) is 0 Å². The number of nitrogens with one attached hydrogen (secondary N) is 1. The van der Waals surface area contributed by atoms with E-state index in [9.17, 15) is 13.6 Å². The number of anilines is 2. The predicted octanol–water partition coefficient (Wildman–Crippen LogP) is 5.41. The van der Waals surface area contributed by atoms with Crippen molar-refractivity contribution < 1.29 is 27.5 Å². The molecule has 2 aliphatic heterocycles. The van der Waals surface area contributed by atoms with E-state index in [1.165, 1.54) is 23.5 Å². The van der Waals surface area contributed by atoms with Gasteiger partial charge in [-0.1, -0.05) is 22.5 Å². The van der Waals surface area contributed by atoms with Gasteiger partial charge in [0, 0.05) is 18.0 Å². The molecule has 1 fully saturated rings. The van der Waals surface area contributed by atoms with Gasteiger partial charge in [-0.15, -0.1) is 5.10 Å². The average Bonchev–Trinajstić information content (AvgIpc) is 3.43. The molecule has 0 aliphatic carbocycles. The maximum Gasteiger partial charge on any atom is 0.413 e. The third-order valence-corrected chi connectivity index (χ3v) is 6.63. The lowest BCUT2D eigenvalue weighted by molar-refractivity contribution is -0.0498. The lowest BCUT2D eigenvalue weighted by atomic mass is 10.1. The lowest BCUT2D eigenvalue weighted by Gasteiger charge is -2.32. The van der Waals surface area contributed by atoms with Crippen LogP contribution in [-0.2, 0) is 11.2 Å². The van der Waals surface area contributed by atoms with E-state index in [0.717, 1.165) is 23.4 Å². The number of carbonyl (C=O) groups excluding carboxylic acids is 1. The molecule has 180 valence electrons. The molecule has 34 heavy (non-hydrogen) atoms. The Kier molecular flexibility index (Phi) is 5.62. The first-order chi connectivity index (χ1) is 16.2. The smallest absolute Gasteiger partial charge is 0.413 e. The quantitative estimate of drug-likeness (QED) is 0.506. The summed E-state index contributed by atoms with van der Waals surface area (Å²) in [4.78, 5) is 19.9. The van der Waals surface area contributed by atoms with Gasteiger partial charge in [0.15, 0.2) is 5.13 Å². The monoisotopic (exact) mass is 491 g/mol. The standard InChI is InChI=1S/C22H23F2N5O4S/c1-22(2,3)33-21(30)26-19-25-14-10-12-7-8-15(16(14)34-19)29(12)20-28-27-17(32-20)11-5-4-6-13(9-11)31-18(23)24/h4-6,9,12,15,18H,7-8,10H2,1-3H3,(H,25,26,30). The molecule has 9 nitrogen and oxygen atoms in total. The van der Waals surface area contributed by atoms with Crippen molar-refractivity contribution in [1.29, 1.82) is 0 Å². The number of carbonyl (C=O) groups is 1. The molecule has 2 aromatic heterocycles. The molecule has 0 spiro atoms. The number of alkyl halides is 2. The number of benzene rings is 1. The molecule has 3 aromatic rings. The molecule has 0 radical (unpaired) electrons. The van der Waals surface area contributed by atoms with Crippen molar-refractivity contribution >= 4 is 28.6 Å². The van der Waals surface area contributed by atoms with Crippen LogP contribution in [0.5, 0.6) is 5.75 Å². The van der Waals surface area contributed by atoms with Gasteiger partial charge in [0.05, 0.1) is 16.6 Å². The van der Waals surface area contributed by atoms with Gasteiger partial charge in [-0.3, -0.25) is 5.32 Å². The number of aromatic nitrogens is 3. The summed E-state index contributed by atoms with van der Waals surface area (Å²) < 4.78 is 40.8. The van der Waals surface area contributed by atoms with Crippen molar-refractivity contribution in [2.45, 2.75) is 64.3 Å². The topological polar surface area (TPSA) is 103 Å². The molecule has 5 rings (SSSR count). The Hall–Kier alpha value is -3.28. The molecular formula is C22H23F2N5O4S. The van der Waals surface area contributed by atoms with Crippen molar-refractivity contribution in [1.82, 2.24) is 15.2 Å². The molecule has 2 atom stereocenters. The number of fused-ring (bicyclic) bond motifs is 4. The van der Waals surface area contributed by atoms with Crippen LogP contribution in [-0.4, -0.2) is 39.5 Å². The summed E-state index contributed by atoms with van der Waals surface area (Å²) in [7, 11) is 0. The molecule has 1 saturated heterocycles. The van der Waals surface area contributed by atoms with Gasteiger partial charge in [-0.05, 0) is 51.8 Å². The van der Waals surface area contributed by atoms with Crippen LogP contribution < -0.4 is 15.0 Å². The Balaban J connectivity index is 1.35. The first-order valence-electron chi connectivity index (χ1n) is 10.8. The summed E-state index contributed by atoms with van der Waals surface area (Å²) in [5.41, 5.74) is 0.845. The zero-order valence-corrected chi connectivity index (χ0v) is 19.6. The number of amides is 1. The van der Waals surface area contributed by atoms with E-state index in [1.807, 2.05) is 0 Å². The summed E-state index contributed by atoms with van der Waals surface area (Å²) in [5.74, 6) is 0.237. The van der Waals surface area contributed by atoms with Gasteiger partial charge in [-0.25, -0.2) is 9.78 Å². The van der Waals surface area contributed by atoms with Gasteiger partial charge < -0.3 is 18.8 Å². The highest BCUT2D eigenvalue weighted by atomic mass is 32.1. The summed E-state index contributed by atoms with van der Waals surface area (Å²) in [5, 5.41) is 11.6. The van der Waals surface area contributed by atoms with E-state index in [0.29, 0.717) is 23.1 Å². The molecule has 2 aliphatic rings. The predicted molar refractivity (Wildman–Crippen MR) is 120 cm³/mol. The molecule has 1 aromatic carbocycles. The lowest BCUT2D eigenvalue weighted by Crippen LogP contribution is -2.37. The van der Waals surface area contributed by atoms with E-state index in [4.69, 9.17) is 9.15 Å². The number of ether oxygens (including phenoxy) is 2. The van der Waals surface area contributed by atoms with Crippen LogP contribution in [0.1, 0.15) is 50.2 Å². The number of rotatable bonds is 5. The second-order valence-corrected chi connectivity index (χ2v) is 10.1. The summed E-state index contributed by atoms with van der Waals surface area (Å²) in [6.07, 6.45) is 1.98. The van der Waals surface area contributed by atoms with Crippen molar-refractivity contribution in [2.24, 2.45) is 0 Å². The Morgan fingerprint density at radius 2 is 2.12 bits per heavy atom. The molecule has 2 unspecified atom stereocenters. The number of nitrogens with zero attached hydrogens (tertiary/aromatic N) is 4. The minimum atomic E-state index is -2.92. The molecule has 1 amide bonds. The number of thiazole rings is 1. The van der Waals surface area contributed by atoms with Crippen LogP contribution in [0.2, 0.25) is 0 Å². The Labute approximate surface area is 198 Å². The highest BCUT2D eigenvalue weighted by molar-refractivity contribution is 7.16. The fourth-order valence-electron chi connectivity index (χ4n) is 4.31. The van der Waals surface area contributed by atoms with E-state index >= 15 is 0 Å². The second-order valence-electron chi connectivity index (χ2n) is 9.11. The minimum Gasteiger partial charge on any atom is -0.444 e. The zero-order valence-electron chi connectivity index (χ0n) is 18.7. The van der Waals surface area contributed by atoms with Gasteiger partial charge in [-0.2, -0.15) is 8.78 Å². The van der Waals surface area contributed by atoms with Crippen LogP contribution in [0.4, 0.5) is 24.7 Å². The molecule has 1 N–H and O–H groups in total. The molecule has 2 bridgehead atoms. The first kappa shape index (κ1) is 22.5. The van der Waals surface area contributed by atoms with Gasteiger partial charge >= 0.3 is 18.7 Å². The van der Waals surface area contributed by atoms with Crippen molar-refractivity contribution in [3.8, 4) is 17.2 Å². The van der Waals surface area contributed by atoms with Gasteiger partial charge in [0.1, 0.15) is 11.4 Å². The van der Waals surface area contributed by atoms with Crippen molar-refractivity contribution in [2.75, 3.05) is 10.2 Å². The molecule has 12 heteroatoms. The number of halogens is 2. The van der Waals surface area contributed by atoms with E-state index in [1.54, 1.807) is 32.9 Å². The third kappa shape index (κ3) is 4.54. The minimum absolute atomic E-state index is 0.00207. The Morgan fingerprint density at radius 3 is 2.88 bits per heavy atom. The second kappa shape index (κ2) is 8.49. The highest BCUT2D eigenvalue weighted by Gasteiger charge is 2.44. The van der Waals surface area contributed by atoms with E-state index in [2.05, 4.69) is 30.1 Å². The normalized spacial score (nSPS) is 19.3. The molecule has 4 heterocycles. The maximum atomic E-state index is 12.5. The van der Waals surface area contributed by atoms with Crippen LogP contribution in [0.25, 0.3) is 11.5 Å². The van der Waals surface area contributed by atoms with E-state index < -0.39 is 18.3 Å². The summed E-state index contributed by atoms with van der Waals surface area (Å²) in [6.45, 7) is 2.49. The maximum absolute atomic E-state index is 12.5. The van der Waals surface area contributed by atoms with Crippen molar-refractivity contribution in [3.05, 3.63) is 34.8 Å². The fourth-order valence-corrected chi connectivity index (χ4v) is 5.42. The zero-order chi connectivity index (χ0) is 24.0. The highest BCUT2D eigenvalue weighted by Crippen LogP contribution is 2.48. The third-order valence-electron chi connectivity index (χ3n) is 5.51. The number of hydrogen-bond acceptors (Lipinski definition) is 9. The van der Waals surface area contributed by atoms with E-state index in [-0.39, 0.29) is 23.7 Å². The van der Waals surface area contributed by atoms with Crippen LogP contribution >= 0.6 is 11.3 Å². The largest absolute Gasteiger partial charge is 0.444 e. The first-order valence-corrected chi connectivity index (χ1v) is 11.6. The van der Waals surface area contributed by atoms with Gasteiger partial charge in [0.25, 0.3) is 0 Å². The molecular weight excluding hydrogens is 468 g/mol. The summed E-state index contributed by atoms with van der Waals surface area (Å²) >= 11 is 1.42. The Bertz CT molecular complexity index is 1210. The molecule has 0 saturated carbocycles. The Morgan fingerprint density at radius 1 is 1.29 bits per heavy atom. The van der Waals surface area contributed by atoms with Crippen molar-refractivity contribution in [3.63, 3.8) is 0 Å². The van der Waals surface area contributed by atoms with Crippen LogP contribution in [0.15, 0.2) is 28.7 Å². The SMILES string of the molecule is CC(C)(C)OC(=O)Nc1nc2c(s1)C1CCC(C2)N1c1nnc(-c2cccc(OC(F)F)c2)o1. The number of hydrogen-bond donors (Lipinski definition) is 1. The van der Waals surface area contributed by atoms with Crippen LogP contribution in [0, 0.1) is 0 Å². The summed E-state index contributed by atoms with van der Waals surface area (Å²) in [6, 6.07) is 6.65. The fraction of sp³-hybridized carbons (Fsp3) is 0.455. The van der Waals surface area contributed by atoms with Gasteiger partial charge in [0.2, 0.25) is 5.89 Å². The average molecular weight is 492 g/mol.